The Bertz CT molecular complexity index is 2480. The summed E-state index contributed by atoms with van der Waals surface area (Å²) in [6, 6.07) is 33.2. The van der Waals surface area contributed by atoms with Crippen LogP contribution in [0.15, 0.2) is 109 Å². The van der Waals surface area contributed by atoms with Gasteiger partial charge in [0, 0.05) is 63.9 Å². The summed E-state index contributed by atoms with van der Waals surface area (Å²) >= 11 is 0. The Morgan fingerprint density at radius 3 is 1.63 bits per heavy atom. The number of benzene rings is 4. The second kappa shape index (κ2) is 23.3. The molecule has 4 amide bonds. The minimum Gasteiger partial charge on any atom is -0.489 e. The molecule has 15 heteroatoms. The van der Waals surface area contributed by atoms with E-state index in [9.17, 15) is 19.2 Å². The number of rotatable bonds is 18. The molecule has 0 bridgehead atoms. The predicted molar refractivity (Wildman–Crippen MR) is 240 cm³/mol. The molecule has 6 N–H and O–H groups in total. The highest BCUT2D eigenvalue weighted by Crippen LogP contribution is 2.23. The second-order valence-electron chi connectivity index (χ2n) is 15.3. The van der Waals surface area contributed by atoms with Crippen LogP contribution in [0, 0.1) is 19.8 Å². The Balaban J connectivity index is 0.000000243. The molecule has 2 atom stereocenters. The first-order valence-electron chi connectivity index (χ1n) is 20.7. The van der Waals surface area contributed by atoms with Crippen molar-refractivity contribution in [1.82, 2.24) is 36.5 Å². The molecule has 0 saturated carbocycles. The Morgan fingerprint density at radius 1 is 0.683 bits per heavy atom. The van der Waals surface area contributed by atoms with E-state index in [0.717, 1.165) is 50.7 Å². The highest BCUT2D eigenvalue weighted by Gasteiger charge is 2.29. The molecular weight excluding hydrogens is 803 g/mol. The minimum absolute atomic E-state index is 0.00272. The number of aryl methyl sites for hydroxylation is 2. The average Bonchev–Trinajstić information content (AvgIpc) is 3.28. The molecule has 6 aromatic rings. The summed E-state index contributed by atoms with van der Waals surface area (Å²) in [5.74, 6) is -0.885. The molecule has 15 nitrogen and oxygen atoms in total. The third kappa shape index (κ3) is 13.8. The maximum atomic E-state index is 13.0. The molecule has 0 unspecified atom stereocenters. The largest absolute Gasteiger partial charge is 0.489 e. The standard InChI is InChI=1S/C27H34N4O4.C21H21N3O4/c1-5-8-23(27(33)30-34)25(16-31(3)4)29-26(32)19-11-13-21(14-12-19)35-17-20-15-18(2)28-24-10-7-6-9-22(20)24;1-14-12-16(18-4-2-3-5-19(18)23-14)13-28-17-8-6-15(7-9-17)21(26)22-11-10-20(25)24-27/h6-7,9-15,23,25,34H,5,8,16-17H2,1-4H3,(H,29,32)(H,30,33);2-9,12,27H,10-11,13H2,1H3,(H,22,26)(H,24,25)/t23-,25-;/m0./s1. The van der Waals surface area contributed by atoms with Crippen LogP contribution in [0.3, 0.4) is 0 Å². The Morgan fingerprint density at radius 2 is 1.17 bits per heavy atom. The van der Waals surface area contributed by atoms with Crippen molar-refractivity contribution in [3.63, 3.8) is 0 Å². The van der Waals surface area contributed by atoms with Gasteiger partial charge in [-0.15, -0.1) is 0 Å². The maximum Gasteiger partial charge on any atom is 0.251 e. The number of hydrogen-bond donors (Lipinski definition) is 6. The van der Waals surface area contributed by atoms with E-state index in [1.165, 1.54) is 5.48 Å². The number of hydrogen-bond acceptors (Lipinski definition) is 11. The van der Waals surface area contributed by atoms with Gasteiger partial charge in [0.05, 0.1) is 23.0 Å². The van der Waals surface area contributed by atoms with E-state index < -0.39 is 23.8 Å². The number of hydroxylamine groups is 2. The highest BCUT2D eigenvalue weighted by molar-refractivity contribution is 5.95. The van der Waals surface area contributed by atoms with E-state index in [2.05, 4.69) is 20.6 Å². The molecule has 4 aromatic carbocycles. The van der Waals surface area contributed by atoms with Crippen molar-refractivity contribution < 1.29 is 39.1 Å². The lowest BCUT2D eigenvalue weighted by molar-refractivity contribution is -0.134. The lowest BCUT2D eigenvalue weighted by Gasteiger charge is -2.28. The second-order valence-corrected chi connectivity index (χ2v) is 15.3. The molecule has 0 saturated heterocycles. The van der Waals surface area contributed by atoms with Crippen LogP contribution in [0.4, 0.5) is 0 Å². The predicted octanol–water partition coefficient (Wildman–Crippen LogP) is 6.45. The molecule has 2 aromatic heterocycles. The number of carbonyl (C=O) groups excluding carboxylic acids is 4. The number of carbonyl (C=O) groups is 4. The van der Waals surface area contributed by atoms with E-state index in [4.69, 9.17) is 19.9 Å². The average molecular weight is 858 g/mol. The summed E-state index contributed by atoms with van der Waals surface area (Å²) < 4.78 is 11.9. The number of nitrogens with zero attached hydrogens (tertiary/aromatic N) is 3. The van der Waals surface area contributed by atoms with Crippen LogP contribution in [0.5, 0.6) is 11.5 Å². The summed E-state index contributed by atoms with van der Waals surface area (Å²) in [5.41, 5.74) is 10.00. The zero-order valence-corrected chi connectivity index (χ0v) is 36.2. The van der Waals surface area contributed by atoms with Crippen LogP contribution < -0.4 is 31.1 Å². The van der Waals surface area contributed by atoms with Crippen molar-refractivity contribution in [2.75, 3.05) is 27.2 Å². The van der Waals surface area contributed by atoms with Crippen LogP contribution in [0.25, 0.3) is 21.8 Å². The van der Waals surface area contributed by atoms with Gasteiger partial charge < -0.3 is 25.0 Å². The molecule has 0 aliphatic rings. The molecule has 0 spiro atoms. The van der Waals surface area contributed by atoms with Gasteiger partial charge in [0.2, 0.25) is 11.8 Å². The summed E-state index contributed by atoms with van der Waals surface area (Å²) in [5, 5.41) is 25.3. The number of fused-ring (bicyclic) bond motifs is 2. The number of nitrogens with one attached hydrogen (secondary N) is 4. The summed E-state index contributed by atoms with van der Waals surface area (Å²) in [7, 11) is 3.75. The Kier molecular flexibility index (Phi) is 17.4. The van der Waals surface area contributed by atoms with Crippen molar-refractivity contribution in [1.29, 1.82) is 0 Å². The van der Waals surface area contributed by atoms with E-state index in [1.807, 2.05) is 100 Å². The SMILES string of the molecule is CCC[C@H](C(=O)NO)[C@H](CN(C)C)NC(=O)c1ccc(OCc2cc(C)nc3ccccc23)cc1.Cc1cc(COc2ccc(C(=O)NCCC(=O)NO)cc2)c2ccccc2n1. The van der Waals surface area contributed by atoms with Crippen molar-refractivity contribution in [2.45, 2.75) is 59.3 Å². The number of amides is 4. The van der Waals surface area contributed by atoms with E-state index in [0.29, 0.717) is 48.8 Å². The van der Waals surface area contributed by atoms with Gasteiger partial charge >= 0.3 is 0 Å². The lowest BCUT2D eigenvalue weighted by atomic mass is 9.93. The quantitative estimate of drug-likeness (QED) is 0.0410. The molecule has 6 rings (SSSR count). The number of pyridine rings is 2. The first-order chi connectivity index (χ1) is 30.4. The summed E-state index contributed by atoms with van der Waals surface area (Å²) in [6.07, 6.45) is 1.29. The van der Waals surface area contributed by atoms with Gasteiger partial charge in [-0.25, -0.2) is 11.0 Å². The monoisotopic (exact) mass is 857 g/mol. The molecular formula is C48H55N7O8. The Labute approximate surface area is 366 Å². The lowest BCUT2D eigenvalue weighted by Crippen LogP contribution is -2.51. The number of likely N-dealkylation sites (N-methyl/N-ethyl adjacent to an activating group) is 1. The van der Waals surface area contributed by atoms with Crippen LogP contribution in [0.1, 0.15) is 69.4 Å². The van der Waals surface area contributed by atoms with Gasteiger partial charge in [-0.1, -0.05) is 49.7 Å². The molecule has 0 fully saturated rings. The third-order valence-electron chi connectivity index (χ3n) is 10.1. The zero-order chi connectivity index (χ0) is 45.3. The van der Waals surface area contributed by atoms with Crippen LogP contribution >= 0.6 is 0 Å². The number of para-hydroxylation sites is 2. The summed E-state index contributed by atoms with van der Waals surface area (Å²) in [6.45, 7) is 7.25. The van der Waals surface area contributed by atoms with Gasteiger partial charge in [0.15, 0.2) is 0 Å². The molecule has 63 heavy (non-hydrogen) atoms. The molecule has 330 valence electrons. The first-order valence-corrected chi connectivity index (χ1v) is 20.7. The van der Waals surface area contributed by atoms with Crippen LogP contribution in [-0.2, 0) is 22.8 Å². The number of ether oxygens (including phenoxy) is 2. The fraction of sp³-hybridized carbons (Fsp3) is 0.292. The van der Waals surface area contributed by atoms with Gasteiger partial charge in [-0.3, -0.25) is 39.6 Å². The van der Waals surface area contributed by atoms with Gasteiger partial charge in [0.25, 0.3) is 11.8 Å². The highest BCUT2D eigenvalue weighted by atomic mass is 16.5. The summed E-state index contributed by atoms with van der Waals surface area (Å²) in [4.78, 5) is 59.1. The molecule has 0 aliphatic carbocycles. The van der Waals surface area contributed by atoms with Gasteiger partial charge in [-0.05, 0) is 107 Å². The number of aromatic nitrogens is 2. The van der Waals surface area contributed by atoms with Crippen LogP contribution in [-0.4, -0.2) is 82.1 Å². The Hall–Kier alpha value is -6.94. The van der Waals surface area contributed by atoms with E-state index >= 15 is 0 Å². The minimum atomic E-state index is -0.553. The van der Waals surface area contributed by atoms with E-state index in [1.54, 1.807) is 54.0 Å². The molecule has 2 heterocycles. The maximum absolute atomic E-state index is 13.0. The molecule has 0 radical (unpaired) electrons. The smallest absolute Gasteiger partial charge is 0.251 e. The van der Waals surface area contributed by atoms with Crippen LogP contribution in [0.2, 0.25) is 0 Å². The van der Waals surface area contributed by atoms with Gasteiger partial charge in [0.1, 0.15) is 24.7 Å². The van der Waals surface area contributed by atoms with Crippen molar-refractivity contribution in [3.8, 4) is 11.5 Å². The topological polar surface area (TPSA) is 204 Å². The molecule has 0 aliphatic heterocycles. The van der Waals surface area contributed by atoms with Crippen molar-refractivity contribution in [3.05, 3.63) is 143 Å². The fourth-order valence-electron chi connectivity index (χ4n) is 7.03. The van der Waals surface area contributed by atoms with Gasteiger partial charge in [-0.2, -0.15) is 0 Å². The van der Waals surface area contributed by atoms with E-state index in [-0.39, 0.29) is 24.8 Å². The van der Waals surface area contributed by atoms with Crippen molar-refractivity contribution >= 4 is 45.4 Å². The normalized spacial score (nSPS) is 11.8. The third-order valence-corrected chi connectivity index (χ3v) is 10.1. The zero-order valence-electron chi connectivity index (χ0n) is 36.2. The van der Waals surface area contributed by atoms with Crippen molar-refractivity contribution in [2.24, 2.45) is 5.92 Å². The first kappa shape index (κ1) is 47.1. The fourth-order valence-corrected chi connectivity index (χ4v) is 7.03.